The van der Waals surface area contributed by atoms with Gasteiger partial charge in [0.2, 0.25) is 0 Å². The number of aromatic amines is 1. The highest BCUT2D eigenvalue weighted by atomic mass is 35.5. The first-order valence-corrected chi connectivity index (χ1v) is 11.3. The lowest BCUT2D eigenvalue weighted by Gasteiger charge is -2.36. The van der Waals surface area contributed by atoms with Crippen LogP contribution >= 0.6 is 24.8 Å². The summed E-state index contributed by atoms with van der Waals surface area (Å²) in [6, 6.07) is 10.5. The number of carboxylic acid groups (broad SMARTS) is 1. The average Bonchev–Trinajstić information content (AvgIpc) is 3.08. The van der Waals surface area contributed by atoms with E-state index in [-0.39, 0.29) is 30.4 Å². The van der Waals surface area contributed by atoms with Gasteiger partial charge in [-0.05, 0) is 55.7 Å². The fraction of sp³-hybridized carbons (Fsp3) is 0.440. The molecule has 0 saturated carbocycles. The molecule has 3 heterocycles. The molecule has 0 bridgehead atoms. The van der Waals surface area contributed by atoms with Crippen molar-refractivity contribution in [3.63, 3.8) is 0 Å². The van der Waals surface area contributed by atoms with Gasteiger partial charge in [-0.1, -0.05) is 13.0 Å². The Balaban J connectivity index is 0.00000204. The Kier molecular flexibility index (Phi) is 9.37. The molecule has 4 rings (SSSR count). The number of carboxylic acids is 1. The van der Waals surface area contributed by atoms with Crippen molar-refractivity contribution in [2.24, 2.45) is 7.05 Å². The number of pyridine rings is 1. The molecule has 1 aliphatic heterocycles. The Morgan fingerprint density at radius 3 is 2.35 bits per heavy atom. The molecule has 34 heavy (non-hydrogen) atoms. The quantitative estimate of drug-likeness (QED) is 0.522. The van der Waals surface area contributed by atoms with E-state index >= 15 is 0 Å². The maximum absolute atomic E-state index is 12.3. The zero-order valence-corrected chi connectivity index (χ0v) is 21.8. The van der Waals surface area contributed by atoms with E-state index < -0.39 is 11.5 Å². The minimum Gasteiger partial charge on any atom is -0.477 e. The van der Waals surface area contributed by atoms with Gasteiger partial charge in [-0.3, -0.25) is 14.6 Å². The van der Waals surface area contributed by atoms with E-state index in [0.717, 1.165) is 54.8 Å². The number of benzene rings is 1. The van der Waals surface area contributed by atoms with Crippen LogP contribution < -0.4 is 5.56 Å². The number of aromatic carboxylic acids is 1. The monoisotopic (exact) mass is 508 g/mol. The lowest BCUT2D eigenvalue weighted by molar-refractivity contribution is 0.0695. The molecule has 0 amide bonds. The SMILES string of the molecule is CCc1cc(C(=O)O)c(=O)[nH]c1-c1ccc2c(c1)cc(CN1CCN(C(C)C)CC1)n2C.Cl.Cl. The Morgan fingerprint density at radius 1 is 1.09 bits per heavy atom. The molecule has 9 heteroatoms. The smallest absolute Gasteiger partial charge is 0.341 e. The number of carbonyl (C=O) groups is 1. The first-order chi connectivity index (χ1) is 15.3. The van der Waals surface area contributed by atoms with E-state index in [1.807, 2.05) is 13.0 Å². The average molecular weight is 509 g/mol. The second-order valence-electron chi connectivity index (χ2n) is 8.95. The van der Waals surface area contributed by atoms with Crippen molar-refractivity contribution in [2.45, 2.75) is 39.8 Å². The van der Waals surface area contributed by atoms with Crippen LogP contribution in [0.1, 0.15) is 42.4 Å². The third-order valence-corrected chi connectivity index (χ3v) is 6.69. The third-order valence-electron chi connectivity index (χ3n) is 6.69. The Hall–Kier alpha value is -2.32. The second kappa shape index (κ2) is 11.4. The summed E-state index contributed by atoms with van der Waals surface area (Å²) in [7, 11) is 2.10. The van der Waals surface area contributed by atoms with E-state index in [1.54, 1.807) is 0 Å². The number of hydrogen-bond acceptors (Lipinski definition) is 4. The van der Waals surface area contributed by atoms with Gasteiger partial charge in [0.15, 0.2) is 0 Å². The lowest BCUT2D eigenvalue weighted by Crippen LogP contribution is -2.48. The molecule has 1 aromatic carbocycles. The summed E-state index contributed by atoms with van der Waals surface area (Å²) in [5.74, 6) is -1.20. The number of nitrogens with one attached hydrogen (secondary N) is 1. The molecule has 0 radical (unpaired) electrons. The van der Waals surface area contributed by atoms with Crippen molar-refractivity contribution >= 4 is 41.7 Å². The number of H-pyrrole nitrogens is 1. The van der Waals surface area contributed by atoms with Gasteiger partial charge in [-0.15, -0.1) is 24.8 Å². The zero-order valence-electron chi connectivity index (χ0n) is 20.1. The van der Waals surface area contributed by atoms with Gasteiger partial charge in [-0.25, -0.2) is 4.79 Å². The van der Waals surface area contributed by atoms with Gasteiger partial charge < -0.3 is 14.7 Å². The molecule has 186 valence electrons. The van der Waals surface area contributed by atoms with Crippen molar-refractivity contribution in [2.75, 3.05) is 26.2 Å². The first kappa shape index (κ1) is 27.9. The van der Waals surface area contributed by atoms with E-state index in [1.165, 1.54) is 11.8 Å². The topological polar surface area (TPSA) is 81.6 Å². The molecular formula is C25H34Cl2N4O3. The fourth-order valence-corrected chi connectivity index (χ4v) is 4.65. The summed E-state index contributed by atoms with van der Waals surface area (Å²) in [6.45, 7) is 11.7. The zero-order chi connectivity index (χ0) is 23.0. The molecule has 1 fully saturated rings. The minimum absolute atomic E-state index is 0. The van der Waals surface area contributed by atoms with Crippen LogP contribution in [0, 0.1) is 0 Å². The standard InChI is InChI=1S/C25H32N4O3.2ClH/c1-5-17-14-21(25(31)32)24(30)26-23(17)18-6-7-22-19(12-18)13-20(27(22)4)15-28-8-10-29(11-9-28)16(2)3;;/h6-7,12-14,16H,5,8-11,15H2,1-4H3,(H,26,30)(H,31,32);2*1H. The highest BCUT2D eigenvalue weighted by Gasteiger charge is 2.20. The van der Waals surface area contributed by atoms with E-state index in [4.69, 9.17) is 0 Å². The molecule has 1 aliphatic rings. The summed E-state index contributed by atoms with van der Waals surface area (Å²) in [4.78, 5) is 31.4. The van der Waals surface area contributed by atoms with Gasteiger partial charge >= 0.3 is 5.97 Å². The molecular weight excluding hydrogens is 475 g/mol. The summed E-state index contributed by atoms with van der Waals surface area (Å²) in [5.41, 5.74) is 4.03. The van der Waals surface area contributed by atoms with Crippen LogP contribution in [0.25, 0.3) is 22.2 Å². The normalized spacial score (nSPS) is 14.7. The van der Waals surface area contributed by atoms with Crippen molar-refractivity contribution in [3.8, 4) is 11.3 Å². The van der Waals surface area contributed by atoms with Crippen molar-refractivity contribution in [1.29, 1.82) is 0 Å². The van der Waals surface area contributed by atoms with Crippen molar-refractivity contribution in [1.82, 2.24) is 19.4 Å². The van der Waals surface area contributed by atoms with Crippen LogP contribution in [0.5, 0.6) is 0 Å². The molecule has 3 aromatic rings. The van der Waals surface area contributed by atoms with Gasteiger partial charge in [0.05, 0.1) is 5.69 Å². The van der Waals surface area contributed by atoms with Crippen LogP contribution in [0.4, 0.5) is 0 Å². The van der Waals surface area contributed by atoms with Crippen LogP contribution in [0.2, 0.25) is 0 Å². The summed E-state index contributed by atoms with van der Waals surface area (Å²) < 4.78 is 2.24. The molecule has 1 saturated heterocycles. The third kappa shape index (κ3) is 5.49. The van der Waals surface area contributed by atoms with Crippen LogP contribution in [0.15, 0.2) is 35.1 Å². The highest BCUT2D eigenvalue weighted by molar-refractivity contribution is 5.89. The van der Waals surface area contributed by atoms with E-state index in [9.17, 15) is 14.7 Å². The van der Waals surface area contributed by atoms with Crippen molar-refractivity contribution in [3.05, 3.63) is 57.5 Å². The van der Waals surface area contributed by atoms with Gasteiger partial charge in [0.1, 0.15) is 5.56 Å². The minimum atomic E-state index is -1.20. The Labute approximate surface area is 212 Å². The first-order valence-electron chi connectivity index (χ1n) is 11.3. The Morgan fingerprint density at radius 2 is 1.76 bits per heavy atom. The second-order valence-corrected chi connectivity index (χ2v) is 8.95. The van der Waals surface area contributed by atoms with E-state index in [2.05, 4.69) is 58.4 Å². The summed E-state index contributed by atoms with van der Waals surface area (Å²) >= 11 is 0. The molecule has 0 atom stereocenters. The largest absolute Gasteiger partial charge is 0.477 e. The van der Waals surface area contributed by atoms with Crippen LogP contribution in [0.3, 0.4) is 0 Å². The number of nitrogens with zero attached hydrogens (tertiary/aromatic N) is 3. The number of piperazine rings is 1. The molecule has 7 nitrogen and oxygen atoms in total. The molecule has 0 unspecified atom stereocenters. The molecule has 0 spiro atoms. The number of aromatic nitrogens is 2. The van der Waals surface area contributed by atoms with Gasteiger partial charge in [-0.2, -0.15) is 0 Å². The maximum Gasteiger partial charge on any atom is 0.341 e. The number of rotatable bonds is 6. The summed E-state index contributed by atoms with van der Waals surface area (Å²) in [5, 5.41) is 10.4. The highest BCUT2D eigenvalue weighted by Crippen LogP contribution is 2.28. The number of halogens is 2. The summed E-state index contributed by atoms with van der Waals surface area (Å²) in [6.07, 6.45) is 0.632. The van der Waals surface area contributed by atoms with Gasteiger partial charge in [0, 0.05) is 62.4 Å². The molecule has 2 aromatic heterocycles. The lowest BCUT2D eigenvalue weighted by atomic mass is 10.0. The van der Waals surface area contributed by atoms with Crippen LogP contribution in [-0.2, 0) is 20.0 Å². The number of aryl methyl sites for hydroxylation is 2. The van der Waals surface area contributed by atoms with E-state index in [0.29, 0.717) is 18.2 Å². The predicted octanol–water partition coefficient (Wildman–Crippen LogP) is 4.16. The molecule has 0 aliphatic carbocycles. The van der Waals surface area contributed by atoms with Crippen LogP contribution in [-0.4, -0.2) is 62.6 Å². The van der Waals surface area contributed by atoms with Gasteiger partial charge in [0.25, 0.3) is 5.56 Å². The fourth-order valence-electron chi connectivity index (χ4n) is 4.65. The van der Waals surface area contributed by atoms with Crippen molar-refractivity contribution < 1.29 is 9.90 Å². The number of fused-ring (bicyclic) bond motifs is 1. The predicted molar refractivity (Wildman–Crippen MR) is 142 cm³/mol. The molecule has 2 N–H and O–H groups in total. The number of hydrogen-bond donors (Lipinski definition) is 2. The Bertz CT molecular complexity index is 1210. The maximum atomic E-state index is 12.3.